The van der Waals surface area contributed by atoms with Gasteiger partial charge < -0.3 is 0 Å². The first-order chi connectivity index (χ1) is 9.13. The van der Waals surface area contributed by atoms with Crippen LogP contribution in [0.2, 0.25) is 5.02 Å². The minimum absolute atomic E-state index is 0.122. The molecule has 3 N–H and O–H groups in total. The predicted molar refractivity (Wildman–Crippen MR) is 83.8 cm³/mol. The molecule has 0 bridgehead atoms. The first kappa shape index (κ1) is 15.6. The van der Waals surface area contributed by atoms with Crippen molar-refractivity contribution in [1.82, 2.24) is 5.43 Å². The van der Waals surface area contributed by atoms with Crippen molar-refractivity contribution in [2.75, 3.05) is 11.5 Å². The summed E-state index contributed by atoms with van der Waals surface area (Å²) in [5.41, 5.74) is 3.28. The molecule has 0 spiro atoms. The van der Waals surface area contributed by atoms with Crippen molar-refractivity contribution in [3.8, 4) is 0 Å². The second kappa shape index (κ2) is 7.27. The minimum Gasteiger partial charge on any atom is -0.271 e. The zero-order valence-electron chi connectivity index (χ0n) is 10.5. The number of benzene rings is 1. The second-order valence-electron chi connectivity index (χ2n) is 4.78. The van der Waals surface area contributed by atoms with Gasteiger partial charge in [0.1, 0.15) is 5.82 Å². The van der Waals surface area contributed by atoms with E-state index in [1.54, 1.807) is 12.1 Å². The Morgan fingerprint density at radius 2 is 2.16 bits per heavy atom. The number of thioether (sulfide) groups is 1. The van der Waals surface area contributed by atoms with Crippen LogP contribution in [0.3, 0.4) is 0 Å². The number of hydrazine groups is 1. The maximum atomic E-state index is 14.2. The molecule has 2 rings (SSSR count). The second-order valence-corrected chi connectivity index (χ2v) is 7.23. The highest BCUT2D eigenvalue weighted by atomic mass is 79.9. The lowest BCUT2D eigenvalue weighted by Crippen LogP contribution is -2.31. The molecule has 0 amide bonds. The van der Waals surface area contributed by atoms with E-state index in [1.165, 1.54) is 24.3 Å². The molecule has 0 aliphatic carbocycles. The van der Waals surface area contributed by atoms with Gasteiger partial charge in [0.25, 0.3) is 0 Å². The Morgan fingerprint density at radius 1 is 1.47 bits per heavy atom. The van der Waals surface area contributed by atoms with Gasteiger partial charge in [-0.1, -0.05) is 17.7 Å². The van der Waals surface area contributed by atoms with Gasteiger partial charge in [0, 0.05) is 16.1 Å². The molecule has 0 radical (unpaired) electrons. The molecule has 2 nitrogen and oxygen atoms in total. The predicted octanol–water partition coefficient (Wildman–Crippen LogP) is 4.28. The molecule has 6 heteroatoms. The number of hydrogen-bond acceptors (Lipinski definition) is 3. The highest BCUT2D eigenvalue weighted by Gasteiger charge is 2.23. The molecule has 1 aliphatic rings. The van der Waals surface area contributed by atoms with Crippen LogP contribution in [0.1, 0.15) is 30.9 Å². The molecule has 1 fully saturated rings. The van der Waals surface area contributed by atoms with Gasteiger partial charge in [-0.05, 0) is 58.7 Å². The van der Waals surface area contributed by atoms with Crippen LogP contribution in [-0.2, 0) is 0 Å². The first-order valence-electron chi connectivity index (χ1n) is 6.30. The quantitative estimate of drug-likeness (QED) is 0.474. The van der Waals surface area contributed by atoms with E-state index in [0.29, 0.717) is 16.0 Å². The highest BCUT2D eigenvalue weighted by molar-refractivity contribution is 9.10. The zero-order valence-corrected chi connectivity index (χ0v) is 13.6. The van der Waals surface area contributed by atoms with Crippen molar-refractivity contribution in [2.24, 2.45) is 11.8 Å². The summed E-state index contributed by atoms with van der Waals surface area (Å²) in [5, 5.41) is 0.122. The van der Waals surface area contributed by atoms with Gasteiger partial charge in [-0.3, -0.25) is 11.3 Å². The lowest BCUT2D eigenvalue weighted by molar-refractivity contribution is 0.366. The van der Waals surface area contributed by atoms with Gasteiger partial charge in [-0.2, -0.15) is 11.8 Å². The Morgan fingerprint density at radius 3 is 2.79 bits per heavy atom. The van der Waals surface area contributed by atoms with E-state index >= 15 is 0 Å². The molecule has 1 aromatic rings. The van der Waals surface area contributed by atoms with Crippen LogP contribution in [0.25, 0.3) is 0 Å². The maximum Gasteiger partial charge on any atom is 0.147 e. The lowest BCUT2D eigenvalue weighted by Gasteiger charge is -2.26. The number of hydrogen-bond donors (Lipinski definition) is 2. The van der Waals surface area contributed by atoms with Crippen LogP contribution in [0.5, 0.6) is 0 Å². The third-order valence-corrected chi connectivity index (χ3v) is 5.86. The smallest absolute Gasteiger partial charge is 0.147 e. The number of nitrogens with one attached hydrogen (secondary N) is 1. The van der Waals surface area contributed by atoms with Gasteiger partial charge in [0.05, 0.1) is 5.02 Å². The Hall–Kier alpha value is 0.190. The normalized spacial score (nSPS) is 18.5. The summed E-state index contributed by atoms with van der Waals surface area (Å²) in [7, 11) is 0. The average Bonchev–Trinajstić information content (AvgIpc) is 2.44. The molecule has 1 atom stereocenters. The summed E-state index contributed by atoms with van der Waals surface area (Å²) < 4.78 is 14.8. The summed E-state index contributed by atoms with van der Waals surface area (Å²) >= 11 is 11.1. The Labute approximate surface area is 130 Å². The van der Waals surface area contributed by atoms with Gasteiger partial charge >= 0.3 is 0 Å². The van der Waals surface area contributed by atoms with Crippen LogP contribution in [0, 0.1) is 11.7 Å². The zero-order chi connectivity index (χ0) is 13.8. The molecule has 0 saturated carbocycles. The average molecular weight is 368 g/mol. The fourth-order valence-corrected chi connectivity index (χ4v) is 4.09. The van der Waals surface area contributed by atoms with Crippen LogP contribution >= 0.6 is 39.3 Å². The van der Waals surface area contributed by atoms with Crippen LogP contribution in [0.4, 0.5) is 4.39 Å². The highest BCUT2D eigenvalue weighted by Crippen LogP contribution is 2.35. The van der Waals surface area contributed by atoms with Gasteiger partial charge in [-0.25, -0.2) is 4.39 Å². The first-order valence-corrected chi connectivity index (χ1v) is 8.63. The topological polar surface area (TPSA) is 38.0 Å². The largest absolute Gasteiger partial charge is 0.271 e. The number of rotatable bonds is 4. The standard InChI is InChI=1S/C13H17BrClFN2S/c14-10-2-1-9(13(16)12(10)15)11(18-17)7-8-3-5-19-6-4-8/h1-2,8,11,18H,3-7,17H2. The van der Waals surface area contributed by atoms with E-state index in [2.05, 4.69) is 21.4 Å². The lowest BCUT2D eigenvalue weighted by atomic mass is 9.91. The Kier molecular flexibility index (Phi) is 5.96. The minimum atomic E-state index is -0.385. The van der Waals surface area contributed by atoms with Gasteiger partial charge in [0.15, 0.2) is 0 Å². The summed E-state index contributed by atoms with van der Waals surface area (Å²) in [6.07, 6.45) is 3.20. The van der Waals surface area contributed by atoms with Crippen LogP contribution < -0.4 is 11.3 Å². The van der Waals surface area contributed by atoms with Crippen molar-refractivity contribution in [3.63, 3.8) is 0 Å². The van der Waals surface area contributed by atoms with Crippen LogP contribution in [-0.4, -0.2) is 11.5 Å². The van der Waals surface area contributed by atoms with Crippen molar-refractivity contribution in [3.05, 3.63) is 33.0 Å². The summed E-state index contributed by atoms with van der Waals surface area (Å²) in [4.78, 5) is 0. The monoisotopic (exact) mass is 366 g/mol. The van der Waals surface area contributed by atoms with E-state index in [9.17, 15) is 4.39 Å². The van der Waals surface area contributed by atoms with E-state index in [0.717, 1.165) is 6.42 Å². The van der Waals surface area contributed by atoms with Gasteiger partial charge in [0.2, 0.25) is 0 Å². The molecule has 1 heterocycles. The fourth-order valence-electron chi connectivity index (χ4n) is 2.41. The fraction of sp³-hybridized carbons (Fsp3) is 0.538. The molecule has 0 aromatic heterocycles. The van der Waals surface area contributed by atoms with Crippen molar-refractivity contribution in [1.29, 1.82) is 0 Å². The van der Waals surface area contributed by atoms with Crippen molar-refractivity contribution in [2.45, 2.75) is 25.3 Å². The SMILES string of the molecule is NNC(CC1CCSCC1)c1ccc(Br)c(Cl)c1F. The summed E-state index contributed by atoms with van der Waals surface area (Å²) in [6.45, 7) is 0. The third kappa shape index (κ3) is 3.85. The maximum absolute atomic E-state index is 14.2. The summed E-state index contributed by atoms with van der Waals surface area (Å²) in [5.74, 6) is 8.19. The van der Waals surface area contributed by atoms with E-state index in [1.807, 2.05) is 11.8 Å². The summed E-state index contributed by atoms with van der Waals surface area (Å²) in [6, 6.07) is 3.33. The Balaban J connectivity index is 2.14. The van der Waals surface area contributed by atoms with E-state index in [-0.39, 0.29) is 16.9 Å². The Bertz CT molecular complexity index is 441. The van der Waals surface area contributed by atoms with Gasteiger partial charge in [-0.15, -0.1) is 0 Å². The number of nitrogens with two attached hydrogens (primary N) is 1. The van der Waals surface area contributed by atoms with E-state index in [4.69, 9.17) is 17.4 Å². The van der Waals surface area contributed by atoms with E-state index < -0.39 is 0 Å². The van der Waals surface area contributed by atoms with Crippen molar-refractivity contribution < 1.29 is 4.39 Å². The number of halogens is 3. The third-order valence-electron chi connectivity index (χ3n) is 3.55. The molecule has 1 unspecified atom stereocenters. The molecule has 1 saturated heterocycles. The molecular formula is C13H17BrClFN2S. The molecule has 1 aromatic carbocycles. The molecule has 106 valence electrons. The van der Waals surface area contributed by atoms with Crippen molar-refractivity contribution >= 4 is 39.3 Å². The molecular weight excluding hydrogens is 351 g/mol. The molecule has 1 aliphatic heterocycles. The van der Waals surface area contributed by atoms with Crippen LogP contribution in [0.15, 0.2) is 16.6 Å². The molecule has 19 heavy (non-hydrogen) atoms.